The maximum absolute atomic E-state index is 11.4. The van der Waals surface area contributed by atoms with Gasteiger partial charge >= 0.3 is 5.97 Å². The zero-order valence-corrected chi connectivity index (χ0v) is 10.9. The standard InChI is InChI=1S/C13H24N2O2/c1-13(12(16)17,14-10-7-8-10)9-15(2)11-5-3-4-6-11/h10-11,14H,3-9H2,1-2H3,(H,16,17). The Morgan fingerprint density at radius 1 is 1.35 bits per heavy atom. The smallest absolute Gasteiger partial charge is 0.324 e. The topological polar surface area (TPSA) is 52.6 Å². The lowest BCUT2D eigenvalue weighted by Gasteiger charge is -2.34. The van der Waals surface area contributed by atoms with Crippen LogP contribution in [0.3, 0.4) is 0 Å². The predicted octanol–water partition coefficient (Wildman–Crippen LogP) is 1.46. The normalized spacial score (nSPS) is 25.1. The van der Waals surface area contributed by atoms with E-state index in [1.54, 1.807) is 0 Å². The van der Waals surface area contributed by atoms with Crippen molar-refractivity contribution in [3.05, 3.63) is 0 Å². The lowest BCUT2D eigenvalue weighted by molar-refractivity contribution is -0.145. The van der Waals surface area contributed by atoms with Gasteiger partial charge in [-0.15, -0.1) is 0 Å². The fraction of sp³-hybridized carbons (Fsp3) is 0.923. The van der Waals surface area contributed by atoms with Crippen molar-refractivity contribution in [3.8, 4) is 0 Å². The van der Waals surface area contributed by atoms with E-state index in [2.05, 4.69) is 17.3 Å². The number of aliphatic carboxylic acids is 1. The Balaban J connectivity index is 1.93. The lowest BCUT2D eigenvalue weighted by Crippen LogP contribution is -2.58. The first-order valence-electron chi connectivity index (χ1n) is 6.72. The fourth-order valence-corrected chi connectivity index (χ4v) is 2.83. The van der Waals surface area contributed by atoms with Gasteiger partial charge in [-0.1, -0.05) is 12.8 Å². The van der Waals surface area contributed by atoms with Crippen LogP contribution in [0, 0.1) is 0 Å². The summed E-state index contributed by atoms with van der Waals surface area (Å²) in [4.78, 5) is 13.7. The number of likely N-dealkylation sites (N-methyl/N-ethyl adjacent to an activating group) is 1. The van der Waals surface area contributed by atoms with Crippen molar-refractivity contribution in [3.63, 3.8) is 0 Å². The summed E-state index contributed by atoms with van der Waals surface area (Å²) in [5.41, 5.74) is -0.793. The second-order valence-electron chi connectivity index (χ2n) is 5.91. The molecule has 0 bridgehead atoms. The first-order chi connectivity index (χ1) is 8.01. The van der Waals surface area contributed by atoms with E-state index in [0.717, 1.165) is 12.8 Å². The van der Waals surface area contributed by atoms with Crippen molar-refractivity contribution < 1.29 is 9.90 Å². The molecule has 0 aromatic rings. The third-order valence-corrected chi connectivity index (χ3v) is 4.09. The van der Waals surface area contributed by atoms with E-state index in [-0.39, 0.29) is 0 Å². The molecule has 0 aromatic heterocycles. The van der Waals surface area contributed by atoms with E-state index in [4.69, 9.17) is 0 Å². The van der Waals surface area contributed by atoms with Gasteiger partial charge in [0.05, 0.1) is 0 Å². The number of carbonyl (C=O) groups is 1. The number of nitrogens with zero attached hydrogens (tertiary/aromatic N) is 1. The molecule has 0 aliphatic heterocycles. The van der Waals surface area contributed by atoms with Crippen LogP contribution >= 0.6 is 0 Å². The zero-order chi connectivity index (χ0) is 12.5. The van der Waals surface area contributed by atoms with E-state index < -0.39 is 11.5 Å². The fourth-order valence-electron chi connectivity index (χ4n) is 2.83. The van der Waals surface area contributed by atoms with E-state index in [1.165, 1.54) is 25.7 Å². The van der Waals surface area contributed by atoms with Crippen LogP contribution in [0.25, 0.3) is 0 Å². The maximum atomic E-state index is 11.4. The first-order valence-corrected chi connectivity index (χ1v) is 6.72. The Labute approximate surface area is 103 Å². The molecule has 2 N–H and O–H groups in total. The highest BCUT2D eigenvalue weighted by atomic mass is 16.4. The summed E-state index contributed by atoms with van der Waals surface area (Å²) in [6, 6.07) is 1.00. The molecule has 2 aliphatic rings. The second kappa shape index (κ2) is 4.94. The Morgan fingerprint density at radius 2 is 1.94 bits per heavy atom. The largest absolute Gasteiger partial charge is 0.480 e. The van der Waals surface area contributed by atoms with Crippen molar-refractivity contribution in [2.24, 2.45) is 0 Å². The summed E-state index contributed by atoms with van der Waals surface area (Å²) in [5.74, 6) is -0.728. The Hall–Kier alpha value is -0.610. The Kier molecular flexibility index (Phi) is 3.73. The number of hydrogen-bond donors (Lipinski definition) is 2. The lowest BCUT2D eigenvalue weighted by atomic mass is 10.0. The summed E-state index contributed by atoms with van der Waals surface area (Å²) in [5, 5.41) is 12.7. The Morgan fingerprint density at radius 3 is 2.41 bits per heavy atom. The molecule has 0 heterocycles. The minimum absolute atomic E-state index is 0.424. The second-order valence-corrected chi connectivity index (χ2v) is 5.91. The van der Waals surface area contributed by atoms with E-state index in [0.29, 0.717) is 18.6 Å². The van der Waals surface area contributed by atoms with Gasteiger partial charge in [-0.3, -0.25) is 10.1 Å². The minimum Gasteiger partial charge on any atom is -0.480 e. The quantitative estimate of drug-likeness (QED) is 0.738. The average molecular weight is 240 g/mol. The third kappa shape index (κ3) is 3.19. The molecule has 2 fully saturated rings. The predicted molar refractivity (Wildman–Crippen MR) is 67.1 cm³/mol. The monoisotopic (exact) mass is 240 g/mol. The molecule has 2 saturated carbocycles. The molecule has 0 aromatic carbocycles. The number of carboxylic acid groups (broad SMARTS) is 1. The summed E-state index contributed by atoms with van der Waals surface area (Å²) in [6.07, 6.45) is 7.25. The van der Waals surface area contributed by atoms with E-state index in [9.17, 15) is 9.90 Å². The summed E-state index contributed by atoms with van der Waals surface area (Å²) in [6.45, 7) is 2.42. The number of nitrogens with one attached hydrogen (secondary N) is 1. The van der Waals surface area contributed by atoms with E-state index >= 15 is 0 Å². The number of carboxylic acids is 1. The molecule has 0 spiro atoms. The summed E-state index contributed by atoms with van der Waals surface area (Å²) >= 11 is 0. The minimum atomic E-state index is -0.793. The molecule has 98 valence electrons. The highest BCUT2D eigenvalue weighted by Crippen LogP contribution is 2.26. The number of hydrogen-bond acceptors (Lipinski definition) is 3. The van der Waals surface area contributed by atoms with Crippen LogP contribution in [0.4, 0.5) is 0 Å². The zero-order valence-electron chi connectivity index (χ0n) is 10.9. The van der Waals surface area contributed by atoms with Crippen molar-refractivity contribution in [1.29, 1.82) is 0 Å². The van der Waals surface area contributed by atoms with Gasteiger partial charge in [0.15, 0.2) is 0 Å². The first kappa shape index (κ1) is 12.8. The maximum Gasteiger partial charge on any atom is 0.324 e. The van der Waals surface area contributed by atoms with Crippen LogP contribution in [0.5, 0.6) is 0 Å². The van der Waals surface area contributed by atoms with Gasteiger partial charge in [-0.25, -0.2) is 0 Å². The van der Waals surface area contributed by atoms with Crippen molar-refractivity contribution in [1.82, 2.24) is 10.2 Å². The highest BCUT2D eigenvalue weighted by molar-refractivity contribution is 5.78. The molecule has 2 aliphatic carbocycles. The summed E-state index contributed by atoms with van der Waals surface area (Å²) in [7, 11) is 2.06. The molecule has 2 rings (SSSR count). The third-order valence-electron chi connectivity index (χ3n) is 4.09. The SMILES string of the molecule is CN(CC(C)(NC1CC1)C(=O)O)C1CCCC1. The van der Waals surface area contributed by atoms with Gasteiger partial charge in [0.1, 0.15) is 5.54 Å². The summed E-state index contributed by atoms with van der Waals surface area (Å²) < 4.78 is 0. The molecule has 1 atom stereocenters. The molecule has 4 heteroatoms. The Bertz CT molecular complexity index is 285. The molecular formula is C13H24N2O2. The molecule has 0 saturated heterocycles. The van der Waals surface area contributed by atoms with Gasteiger partial charge in [-0.2, -0.15) is 0 Å². The van der Waals surface area contributed by atoms with Crippen LogP contribution in [0.2, 0.25) is 0 Å². The van der Waals surface area contributed by atoms with Crippen LogP contribution in [-0.2, 0) is 4.79 Å². The molecule has 1 unspecified atom stereocenters. The van der Waals surface area contributed by atoms with Crippen molar-refractivity contribution in [2.45, 2.75) is 63.1 Å². The van der Waals surface area contributed by atoms with Gasteiger partial charge < -0.3 is 10.0 Å². The van der Waals surface area contributed by atoms with Crippen LogP contribution < -0.4 is 5.32 Å². The van der Waals surface area contributed by atoms with Crippen molar-refractivity contribution >= 4 is 5.97 Å². The molecule has 0 amide bonds. The molecular weight excluding hydrogens is 216 g/mol. The van der Waals surface area contributed by atoms with Gasteiger partial charge in [0, 0.05) is 18.6 Å². The van der Waals surface area contributed by atoms with Crippen LogP contribution in [0.15, 0.2) is 0 Å². The van der Waals surface area contributed by atoms with Gasteiger partial charge in [0.25, 0.3) is 0 Å². The molecule has 4 nitrogen and oxygen atoms in total. The van der Waals surface area contributed by atoms with Crippen LogP contribution in [0.1, 0.15) is 45.4 Å². The molecule has 0 radical (unpaired) electrons. The van der Waals surface area contributed by atoms with Gasteiger partial charge in [-0.05, 0) is 39.7 Å². The van der Waals surface area contributed by atoms with Crippen LogP contribution in [-0.4, -0.2) is 47.2 Å². The average Bonchev–Trinajstić information content (AvgIpc) is 2.89. The highest BCUT2D eigenvalue weighted by Gasteiger charge is 2.40. The van der Waals surface area contributed by atoms with Crippen molar-refractivity contribution in [2.75, 3.05) is 13.6 Å². The number of rotatable bonds is 6. The van der Waals surface area contributed by atoms with Gasteiger partial charge in [0.2, 0.25) is 0 Å². The van der Waals surface area contributed by atoms with E-state index in [1.807, 2.05) is 6.92 Å². The molecule has 17 heavy (non-hydrogen) atoms.